The number of nitrogens with two attached hydrogens (primary N) is 1. The zero-order chi connectivity index (χ0) is 22.0. The molecule has 3 heterocycles. The number of likely N-dealkylation sites (tertiary alicyclic amines) is 1. The van der Waals surface area contributed by atoms with E-state index >= 15 is 0 Å². The van der Waals surface area contributed by atoms with Crippen LogP contribution in [0.3, 0.4) is 0 Å². The molecule has 12 heteroatoms. The topological polar surface area (TPSA) is 77.0 Å². The third kappa shape index (κ3) is 3.70. The summed E-state index contributed by atoms with van der Waals surface area (Å²) in [5, 5.41) is 0. The summed E-state index contributed by atoms with van der Waals surface area (Å²) in [5.41, 5.74) is 4.00. The first-order valence-corrected chi connectivity index (χ1v) is 9.08. The molecule has 2 N–H and O–H groups in total. The smallest absolute Gasteiger partial charge is 0.383 e. The van der Waals surface area contributed by atoms with Crippen molar-refractivity contribution in [1.29, 1.82) is 0 Å². The molecule has 2 unspecified atom stereocenters. The Bertz CT molecular complexity index is 986. The molecule has 2 aliphatic rings. The maximum atomic E-state index is 13.1. The first-order valence-electron chi connectivity index (χ1n) is 9.08. The van der Waals surface area contributed by atoms with E-state index in [1.807, 2.05) is 0 Å². The molecule has 2 atom stereocenters. The second-order valence-electron chi connectivity index (χ2n) is 7.64. The molecule has 1 aliphatic heterocycles. The van der Waals surface area contributed by atoms with Gasteiger partial charge in [-0.15, -0.1) is 0 Å². The number of pyridine rings is 1. The van der Waals surface area contributed by atoms with Crippen LogP contribution in [0.1, 0.15) is 24.4 Å². The predicted octanol–water partition coefficient (Wildman–Crippen LogP) is 3.30. The SMILES string of the molecule is CC(=O)N1CC2C(C1)C2n1cc(-c2cnc(N)c(C(F)(F)F)c2)nc1CC(F)(F)F. The highest BCUT2D eigenvalue weighted by molar-refractivity contribution is 5.74. The van der Waals surface area contributed by atoms with Crippen LogP contribution in [0.25, 0.3) is 11.3 Å². The quantitative estimate of drug-likeness (QED) is 0.754. The van der Waals surface area contributed by atoms with Crippen molar-refractivity contribution in [2.45, 2.75) is 31.7 Å². The summed E-state index contributed by atoms with van der Waals surface area (Å²) in [5.74, 6) is -1.11. The number of hydrogen-bond donors (Lipinski definition) is 1. The molecule has 1 saturated carbocycles. The third-order valence-electron chi connectivity index (χ3n) is 5.60. The van der Waals surface area contributed by atoms with Crippen molar-refractivity contribution < 1.29 is 31.1 Å². The lowest BCUT2D eigenvalue weighted by atomic mass is 10.1. The van der Waals surface area contributed by atoms with Gasteiger partial charge in [0.05, 0.1) is 11.3 Å². The number of nitrogens with zero attached hydrogens (tertiary/aromatic N) is 4. The van der Waals surface area contributed by atoms with Crippen LogP contribution in [0.2, 0.25) is 0 Å². The van der Waals surface area contributed by atoms with E-state index in [2.05, 4.69) is 9.97 Å². The van der Waals surface area contributed by atoms with Crippen molar-refractivity contribution in [3.8, 4) is 11.3 Å². The van der Waals surface area contributed by atoms with Crippen LogP contribution < -0.4 is 5.73 Å². The highest BCUT2D eigenvalue weighted by atomic mass is 19.4. The molecule has 6 nitrogen and oxygen atoms in total. The molecule has 1 aliphatic carbocycles. The summed E-state index contributed by atoms with van der Waals surface area (Å²) in [6.07, 6.45) is -8.22. The number of alkyl halides is 6. The number of carbonyl (C=O) groups is 1. The minimum atomic E-state index is -4.76. The molecule has 162 valence electrons. The van der Waals surface area contributed by atoms with Crippen molar-refractivity contribution in [3.63, 3.8) is 0 Å². The number of amides is 1. The standard InChI is InChI=1S/C18H17F6N5O/c1-8(30)28-5-10-11(6-28)15(10)29-7-13(27-14(29)3-17(19,20)21)9-2-12(18(22,23)24)16(25)26-4-9/h2,4,7,10-11,15H,3,5-6H2,1H3,(H2,25,26). The zero-order valence-electron chi connectivity index (χ0n) is 15.6. The van der Waals surface area contributed by atoms with Gasteiger partial charge in [0.2, 0.25) is 5.91 Å². The second kappa shape index (κ2) is 6.61. The van der Waals surface area contributed by atoms with E-state index in [1.165, 1.54) is 17.7 Å². The number of nitrogen functional groups attached to an aromatic ring is 1. The Kier molecular flexibility index (Phi) is 4.51. The van der Waals surface area contributed by atoms with Gasteiger partial charge in [0.1, 0.15) is 18.1 Å². The molecule has 0 bridgehead atoms. The monoisotopic (exact) mass is 433 g/mol. The van der Waals surface area contributed by atoms with Crippen LogP contribution in [0.4, 0.5) is 32.2 Å². The number of hydrogen-bond acceptors (Lipinski definition) is 4. The number of carbonyl (C=O) groups excluding carboxylic acids is 1. The van der Waals surface area contributed by atoms with Gasteiger partial charge in [-0.3, -0.25) is 4.79 Å². The van der Waals surface area contributed by atoms with Crippen molar-refractivity contribution in [2.75, 3.05) is 18.8 Å². The first-order chi connectivity index (χ1) is 13.8. The summed E-state index contributed by atoms with van der Waals surface area (Å²) < 4.78 is 79.9. The fraction of sp³-hybridized carbons (Fsp3) is 0.500. The van der Waals surface area contributed by atoms with Crippen LogP contribution in [-0.4, -0.2) is 44.6 Å². The van der Waals surface area contributed by atoms with Gasteiger partial charge in [-0.1, -0.05) is 0 Å². The van der Waals surface area contributed by atoms with E-state index in [-0.39, 0.29) is 40.9 Å². The average molecular weight is 433 g/mol. The fourth-order valence-electron chi connectivity index (χ4n) is 4.15. The Hall–Kier alpha value is -2.79. The van der Waals surface area contributed by atoms with Crippen molar-refractivity contribution in [1.82, 2.24) is 19.4 Å². The third-order valence-corrected chi connectivity index (χ3v) is 5.60. The van der Waals surface area contributed by atoms with Crippen molar-refractivity contribution in [3.05, 3.63) is 29.8 Å². The Balaban J connectivity index is 1.69. The van der Waals surface area contributed by atoms with Gasteiger partial charge in [0.15, 0.2) is 0 Å². The van der Waals surface area contributed by atoms with E-state index in [0.717, 1.165) is 12.3 Å². The van der Waals surface area contributed by atoms with Crippen LogP contribution in [0, 0.1) is 11.8 Å². The fourth-order valence-corrected chi connectivity index (χ4v) is 4.15. The number of halogens is 6. The molecular weight excluding hydrogens is 416 g/mol. The van der Waals surface area contributed by atoms with E-state index in [9.17, 15) is 31.1 Å². The minimum absolute atomic E-state index is 0.00166. The summed E-state index contributed by atoms with van der Waals surface area (Å²) in [7, 11) is 0. The summed E-state index contributed by atoms with van der Waals surface area (Å²) in [4.78, 5) is 20.6. The Morgan fingerprint density at radius 2 is 1.83 bits per heavy atom. The average Bonchev–Trinajstić information content (AvgIpc) is 2.94. The first kappa shape index (κ1) is 20.5. The lowest BCUT2D eigenvalue weighted by Gasteiger charge is -2.19. The zero-order valence-corrected chi connectivity index (χ0v) is 15.6. The highest BCUT2D eigenvalue weighted by Crippen LogP contribution is 2.56. The molecule has 0 aromatic carbocycles. The molecule has 2 aromatic heterocycles. The van der Waals surface area contributed by atoms with Gasteiger partial charge in [-0.25, -0.2) is 9.97 Å². The molecule has 0 radical (unpaired) electrons. The van der Waals surface area contributed by atoms with Gasteiger partial charge in [0.25, 0.3) is 0 Å². The molecule has 0 spiro atoms. The van der Waals surface area contributed by atoms with Gasteiger partial charge < -0.3 is 15.2 Å². The number of aromatic nitrogens is 3. The van der Waals surface area contributed by atoms with E-state index in [0.29, 0.717) is 13.1 Å². The Labute approximate surface area is 166 Å². The maximum Gasteiger partial charge on any atom is 0.419 e. The van der Waals surface area contributed by atoms with E-state index in [4.69, 9.17) is 5.73 Å². The lowest BCUT2D eigenvalue weighted by molar-refractivity contribution is -0.137. The maximum absolute atomic E-state index is 13.1. The second-order valence-corrected chi connectivity index (χ2v) is 7.64. The van der Waals surface area contributed by atoms with Crippen molar-refractivity contribution >= 4 is 11.7 Å². The number of fused-ring (bicyclic) bond motifs is 1. The molecule has 2 fully saturated rings. The Morgan fingerprint density at radius 1 is 1.20 bits per heavy atom. The number of anilines is 1. The van der Waals surface area contributed by atoms with Gasteiger partial charge in [0, 0.05) is 55.8 Å². The lowest BCUT2D eigenvalue weighted by Crippen LogP contribution is -2.30. The largest absolute Gasteiger partial charge is 0.419 e. The summed E-state index contributed by atoms with van der Waals surface area (Å²) in [6.45, 7) is 2.30. The highest BCUT2D eigenvalue weighted by Gasteiger charge is 2.58. The summed E-state index contributed by atoms with van der Waals surface area (Å²) >= 11 is 0. The van der Waals surface area contributed by atoms with Crippen LogP contribution >= 0.6 is 0 Å². The summed E-state index contributed by atoms with van der Waals surface area (Å²) in [6, 6.07) is 0.459. The predicted molar refractivity (Wildman–Crippen MR) is 92.9 cm³/mol. The minimum Gasteiger partial charge on any atom is -0.383 e. The van der Waals surface area contributed by atoms with E-state index in [1.54, 1.807) is 4.90 Å². The van der Waals surface area contributed by atoms with Gasteiger partial charge in [-0.2, -0.15) is 26.3 Å². The molecule has 30 heavy (non-hydrogen) atoms. The molecule has 2 aromatic rings. The van der Waals surface area contributed by atoms with Gasteiger partial charge in [-0.05, 0) is 6.07 Å². The van der Waals surface area contributed by atoms with Crippen LogP contribution in [0.15, 0.2) is 18.5 Å². The number of piperidine rings is 1. The van der Waals surface area contributed by atoms with E-state index < -0.39 is 30.2 Å². The number of rotatable bonds is 3. The molecule has 4 rings (SSSR count). The number of imidazole rings is 1. The van der Waals surface area contributed by atoms with Crippen LogP contribution in [0.5, 0.6) is 0 Å². The Morgan fingerprint density at radius 3 is 2.37 bits per heavy atom. The van der Waals surface area contributed by atoms with Crippen LogP contribution in [-0.2, 0) is 17.4 Å². The normalized spacial score (nSPS) is 23.6. The molecule has 1 saturated heterocycles. The van der Waals surface area contributed by atoms with Gasteiger partial charge >= 0.3 is 12.4 Å². The molecule has 1 amide bonds. The molecular formula is C18H17F6N5O. The van der Waals surface area contributed by atoms with Crippen molar-refractivity contribution in [2.24, 2.45) is 11.8 Å².